The predicted molar refractivity (Wildman–Crippen MR) is 49.1 cm³/mol. The van der Waals surface area contributed by atoms with E-state index in [0.717, 1.165) is 19.4 Å². The Labute approximate surface area is 78.7 Å². The highest BCUT2D eigenvalue weighted by atomic mass is 16.3. The van der Waals surface area contributed by atoms with Crippen molar-refractivity contribution < 1.29 is 9.90 Å². The van der Waals surface area contributed by atoms with Gasteiger partial charge >= 0.3 is 0 Å². The summed E-state index contributed by atoms with van der Waals surface area (Å²) in [7, 11) is 0. The van der Waals surface area contributed by atoms with E-state index < -0.39 is 0 Å². The minimum absolute atomic E-state index is 0.182. The molecule has 0 aromatic carbocycles. The first-order chi connectivity index (χ1) is 6.22. The van der Waals surface area contributed by atoms with E-state index in [0.29, 0.717) is 17.9 Å². The number of piperidine rings is 1. The number of fused-ring (bicyclic) bond motifs is 2. The van der Waals surface area contributed by atoms with E-state index in [-0.39, 0.29) is 12.5 Å². The van der Waals surface area contributed by atoms with Crippen LogP contribution in [0, 0.1) is 11.8 Å². The van der Waals surface area contributed by atoms with Crippen molar-refractivity contribution in [2.75, 3.05) is 13.2 Å². The average Bonchev–Trinajstić information content (AvgIpc) is 2.69. The highest BCUT2D eigenvalue weighted by Gasteiger charge is 2.44. The molecule has 13 heavy (non-hydrogen) atoms. The smallest absolute Gasteiger partial charge is 0.226 e. The molecule has 2 bridgehead atoms. The number of rotatable bonds is 3. The van der Waals surface area contributed by atoms with E-state index in [9.17, 15) is 4.79 Å². The number of aliphatic hydroxyl groups is 1. The van der Waals surface area contributed by atoms with E-state index in [1.54, 1.807) is 0 Å². The molecule has 1 heterocycles. The summed E-state index contributed by atoms with van der Waals surface area (Å²) in [5, 5.41) is 8.91. The Balaban J connectivity index is 1.96. The molecule has 1 saturated carbocycles. The maximum Gasteiger partial charge on any atom is 0.226 e. The van der Waals surface area contributed by atoms with E-state index in [1.165, 1.54) is 6.42 Å². The molecule has 1 aliphatic heterocycles. The molecule has 74 valence electrons. The van der Waals surface area contributed by atoms with Gasteiger partial charge in [-0.05, 0) is 25.2 Å². The lowest BCUT2D eigenvalue weighted by Gasteiger charge is -2.29. The number of amides is 1. The summed E-state index contributed by atoms with van der Waals surface area (Å²) >= 11 is 0. The zero-order chi connectivity index (χ0) is 9.42. The third-order valence-corrected chi connectivity index (χ3v) is 3.30. The second-order valence-electron chi connectivity index (χ2n) is 4.44. The molecule has 2 rings (SSSR count). The average molecular weight is 183 g/mol. The van der Waals surface area contributed by atoms with Crippen LogP contribution in [-0.4, -0.2) is 35.1 Å². The predicted octanol–water partition coefficient (Wildman–Crippen LogP) is 0.626. The minimum atomic E-state index is 0.182. The summed E-state index contributed by atoms with van der Waals surface area (Å²) in [6, 6.07) is 0.492. The Morgan fingerprint density at radius 3 is 2.92 bits per heavy atom. The van der Waals surface area contributed by atoms with Crippen LogP contribution in [-0.2, 0) is 4.79 Å². The minimum Gasteiger partial charge on any atom is -0.396 e. The van der Waals surface area contributed by atoms with Crippen molar-refractivity contribution in [2.45, 2.75) is 32.2 Å². The van der Waals surface area contributed by atoms with Crippen molar-refractivity contribution in [1.29, 1.82) is 0 Å². The van der Waals surface area contributed by atoms with E-state index in [1.807, 2.05) is 11.8 Å². The van der Waals surface area contributed by atoms with E-state index >= 15 is 0 Å². The van der Waals surface area contributed by atoms with Gasteiger partial charge < -0.3 is 10.0 Å². The molecule has 3 heteroatoms. The van der Waals surface area contributed by atoms with Gasteiger partial charge in [-0.2, -0.15) is 0 Å². The van der Waals surface area contributed by atoms with E-state index in [4.69, 9.17) is 5.11 Å². The standard InChI is InChI=1S/C10H17NO2/c1-7(6-12)5-11-9-3-2-8(4-9)10(11)13/h7-9,12H,2-6H2,1H3. The molecule has 1 amide bonds. The lowest BCUT2D eigenvalue weighted by Crippen LogP contribution is -2.40. The van der Waals surface area contributed by atoms with Gasteiger partial charge in [-0.3, -0.25) is 4.79 Å². The van der Waals surface area contributed by atoms with Gasteiger partial charge in [0.1, 0.15) is 0 Å². The largest absolute Gasteiger partial charge is 0.396 e. The topological polar surface area (TPSA) is 40.5 Å². The van der Waals surface area contributed by atoms with Crippen molar-refractivity contribution in [2.24, 2.45) is 11.8 Å². The normalized spacial score (nSPS) is 34.3. The van der Waals surface area contributed by atoms with Crippen LogP contribution in [0.2, 0.25) is 0 Å². The number of carbonyl (C=O) groups is 1. The summed E-state index contributed by atoms with van der Waals surface area (Å²) in [6.45, 7) is 2.91. The second kappa shape index (κ2) is 3.29. The SMILES string of the molecule is CC(CO)CN1C(=O)C2CCC1C2. The quantitative estimate of drug-likeness (QED) is 0.697. The van der Waals surface area contributed by atoms with Gasteiger partial charge in [0, 0.05) is 25.1 Å². The van der Waals surface area contributed by atoms with Crippen LogP contribution in [0.25, 0.3) is 0 Å². The molecule has 1 aliphatic carbocycles. The third kappa shape index (κ3) is 1.46. The molecule has 0 aromatic rings. The zero-order valence-corrected chi connectivity index (χ0v) is 8.07. The molecule has 0 radical (unpaired) electrons. The van der Waals surface area contributed by atoms with Gasteiger partial charge in [0.15, 0.2) is 0 Å². The molecule has 3 atom stereocenters. The third-order valence-electron chi connectivity index (χ3n) is 3.30. The number of hydrogen-bond donors (Lipinski definition) is 1. The lowest BCUT2D eigenvalue weighted by molar-refractivity contribution is -0.134. The summed E-state index contributed by atoms with van der Waals surface area (Å²) in [6.07, 6.45) is 3.33. The number of nitrogens with zero attached hydrogens (tertiary/aromatic N) is 1. The maximum absolute atomic E-state index is 11.7. The summed E-state index contributed by atoms with van der Waals surface area (Å²) < 4.78 is 0. The van der Waals surface area contributed by atoms with Crippen LogP contribution < -0.4 is 0 Å². The Morgan fingerprint density at radius 2 is 2.38 bits per heavy atom. The van der Waals surface area contributed by atoms with Crippen molar-refractivity contribution >= 4 is 5.91 Å². The molecular formula is C10H17NO2. The first-order valence-electron chi connectivity index (χ1n) is 5.13. The molecule has 3 nitrogen and oxygen atoms in total. The highest BCUT2D eigenvalue weighted by molar-refractivity contribution is 5.82. The molecule has 0 spiro atoms. The van der Waals surface area contributed by atoms with Crippen molar-refractivity contribution in [3.05, 3.63) is 0 Å². The monoisotopic (exact) mass is 183 g/mol. The van der Waals surface area contributed by atoms with Gasteiger partial charge in [0.05, 0.1) is 0 Å². The Bertz CT molecular complexity index is 217. The molecule has 2 aliphatic rings. The molecule has 1 N–H and O–H groups in total. The lowest BCUT2D eigenvalue weighted by atomic mass is 10.1. The van der Waals surface area contributed by atoms with Gasteiger partial charge in [-0.1, -0.05) is 6.92 Å². The van der Waals surface area contributed by atoms with Crippen LogP contribution in [0.15, 0.2) is 0 Å². The highest BCUT2D eigenvalue weighted by Crippen LogP contribution is 2.38. The number of aliphatic hydroxyl groups excluding tert-OH is 1. The van der Waals surface area contributed by atoms with Crippen LogP contribution in [0.4, 0.5) is 0 Å². The molecular weight excluding hydrogens is 166 g/mol. The summed E-state index contributed by atoms with van der Waals surface area (Å²) in [5.74, 6) is 0.871. The van der Waals surface area contributed by atoms with Gasteiger partial charge in [0.25, 0.3) is 0 Å². The first kappa shape index (κ1) is 9.00. The fourth-order valence-corrected chi connectivity index (χ4v) is 2.51. The van der Waals surface area contributed by atoms with Crippen LogP contribution in [0.3, 0.4) is 0 Å². The number of likely N-dealkylation sites (tertiary alicyclic amines) is 1. The molecule has 2 fully saturated rings. The molecule has 1 saturated heterocycles. The van der Waals surface area contributed by atoms with Crippen LogP contribution in [0.1, 0.15) is 26.2 Å². The van der Waals surface area contributed by atoms with Gasteiger partial charge in [-0.15, -0.1) is 0 Å². The van der Waals surface area contributed by atoms with E-state index in [2.05, 4.69) is 0 Å². The fourth-order valence-electron chi connectivity index (χ4n) is 2.51. The summed E-state index contributed by atoms with van der Waals surface area (Å²) in [4.78, 5) is 13.6. The maximum atomic E-state index is 11.7. The van der Waals surface area contributed by atoms with Crippen molar-refractivity contribution in [1.82, 2.24) is 4.90 Å². The van der Waals surface area contributed by atoms with Crippen molar-refractivity contribution in [3.63, 3.8) is 0 Å². The Hall–Kier alpha value is -0.570. The molecule has 0 aromatic heterocycles. The van der Waals surface area contributed by atoms with Crippen LogP contribution >= 0.6 is 0 Å². The Morgan fingerprint density at radius 1 is 1.62 bits per heavy atom. The number of hydrogen-bond acceptors (Lipinski definition) is 2. The van der Waals surface area contributed by atoms with Crippen LogP contribution in [0.5, 0.6) is 0 Å². The first-order valence-corrected chi connectivity index (χ1v) is 5.13. The van der Waals surface area contributed by atoms with Gasteiger partial charge in [-0.25, -0.2) is 0 Å². The summed E-state index contributed by atoms with van der Waals surface area (Å²) in [5.41, 5.74) is 0. The Kier molecular flexibility index (Phi) is 2.28. The van der Waals surface area contributed by atoms with Gasteiger partial charge in [0.2, 0.25) is 5.91 Å². The molecule has 3 unspecified atom stereocenters. The van der Waals surface area contributed by atoms with Crippen molar-refractivity contribution in [3.8, 4) is 0 Å². The fraction of sp³-hybridized carbons (Fsp3) is 0.900. The second-order valence-corrected chi connectivity index (χ2v) is 4.44. The number of carbonyl (C=O) groups excluding carboxylic acids is 1. The zero-order valence-electron chi connectivity index (χ0n) is 8.07.